The van der Waals surface area contributed by atoms with Crippen molar-refractivity contribution < 1.29 is 9.53 Å². The number of rotatable bonds is 2. The van der Waals surface area contributed by atoms with Gasteiger partial charge in [0.05, 0.1) is 11.7 Å². The van der Waals surface area contributed by atoms with Crippen molar-refractivity contribution in [3.63, 3.8) is 0 Å². The summed E-state index contributed by atoms with van der Waals surface area (Å²) in [6.45, 7) is 14.5. The summed E-state index contributed by atoms with van der Waals surface area (Å²) in [6.07, 6.45) is -0.0438. The Labute approximate surface area is 116 Å². The van der Waals surface area contributed by atoms with Gasteiger partial charge in [-0.3, -0.25) is 4.79 Å². The molecule has 2 aliphatic rings. The molecule has 1 saturated carbocycles. The molecule has 2 rings (SSSR count). The van der Waals surface area contributed by atoms with Gasteiger partial charge < -0.3 is 15.4 Å². The van der Waals surface area contributed by atoms with Gasteiger partial charge in [0.2, 0.25) is 5.91 Å². The number of ether oxygens (including phenoxy) is 1. The van der Waals surface area contributed by atoms with Crippen LogP contribution >= 0.6 is 0 Å². The van der Waals surface area contributed by atoms with Crippen LogP contribution in [-0.4, -0.2) is 42.1 Å². The van der Waals surface area contributed by atoms with Crippen molar-refractivity contribution in [3.8, 4) is 0 Å². The Morgan fingerprint density at radius 3 is 2.16 bits per heavy atom. The van der Waals surface area contributed by atoms with E-state index in [1.165, 1.54) is 0 Å². The molecule has 1 aliphatic carbocycles. The summed E-state index contributed by atoms with van der Waals surface area (Å²) in [5, 5.41) is 0. The lowest BCUT2D eigenvalue weighted by molar-refractivity contribution is -0.161. The molecule has 2 fully saturated rings. The number of nitrogens with two attached hydrogens (primary N) is 1. The first-order valence-electron chi connectivity index (χ1n) is 7.19. The number of hydrogen-bond acceptors (Lipinski definition) is 3. The van der Waals surface area contributed by atoms with Gasteiger partial charge in [-0.05, 0) is 24.7 Å². The largest absolute Gasteiger partial charge is 0.367 e. The molecular weight excluding hydrogens is 240 g/mol. The van der Waals surface area contributed by atoms with Crippen LogP contribution in [0.5, 0.6) is 0 Å². The molecule has 4 heteroatoms. The molecule has 1 unspecified atom stereocenters. The quantitative estimate of drug-likeness (QED) is 0.828. The van der Waals surface area contributed by atoms with E-state index in [1.54, 1.807) is 0 Å². The molecule has 0 spiro atoms. The smallest absolute Gasteiger partial charge is 0.226 e. The minimum atomic E-state index is -0.304. The Balaban J connectivity index is 2.12. The average molecular weight is 268 g/mol. The van der Waals surface area contributed by atoms with Gasteiger partial charge in [0.25, 0.3) is 0 Å². The van der Waals surface area contributed by atoms with Gasteiger partial charge in [-0.15, -0.1) is 0 Å². The van der Waals surface area contributed by atoms with E-state index in [4.69, 9.17) is 10.5 Å². The summed E-state index contributed by atoms with van der Waals surface area (Å²) >= 11 is 0. The molecule has 1 atom stereocenters. The minimum Gasteiger partial charge on any atom is -0.367 e. The molecule has 1 amide bonds. The lowest BCUT2D eigenvalue weighted by Crippen LogP contribution is -2.57. The third-order valence-corrected chi connectivity index (χ3v) is 5.32. The van der Waals surface area contributed by atoms with E-state index in [2.05, 4.69) is 27.7 Å². The van der Waals surface area contributed by atoms with E-state index in [0.29, 0.717) is 19.6 Å². The first-order valence-corrected chi connectivity index (χ1v) is 7.19. The monoisotopic (exact) mass is 268 g/mol. The predicted molar refractivity (Wildman–Crippen MR) is 75.6 cm³/mol. The Hall–Kier alpha value is -0.610. The number of morpholine rings is 1. The van der Waals surface area contributed by atoms with Crippen LogP contribution in [0.25, 0.3) is 0 Å². The molecule has 110 valence electrons. The van der Waals surface area contributed by atoms with Crippen molar-refractivity contribution in [2.45, 2.75) is 53.2 Å². The second-order valence-electron chi connectivity index (χ2n) is 7.83. The average Bonchev–Trinajstić information content (AvgIpc) is 2.66. The van der Waals surface area contributed by atoms with Gasteiger partial charge in [-0.1, -0.05) is 27.7 Å². The Morgan fingerprint density at radius 1 is 1.21 bits per heavy atom. The Bertz CT molecular complexity index is 374. The highest BCUT2D eigenvalue weighted by molar-refractivity contribution is 5.84. The zero-order valence-electron chi connectivity index (χ0n) is 13.1. The SMILES string of the molecule is CC1(C)CN(C(=O)C2C(C)(C)C2(C)C)CC(CN)O1. The molecule has 1 saturated heterocycles. The van der Waals surface area contributed by atoms with Crippen LogP contribution in [0.1, 0.15) is 41.5 Å². The van der Waals surface area contributed by atoms with Crippen LogP contribution in [0.2, 0.25) is 0 Å². The van der Waals surface area contributed by atoms with Crippen LogP contribution < -0.4 is 5.73 Å². The van der Waals surface area contributed by atoms with Crippen LogP contribution in [0.4, 0.5) is 0 Å². The number of carbonyl (C=O) groups is 1. The van der Waals surface area contributed by atoms with E-state index in [0.717, 1.165) is 0 Å². The maximum absolute atomic E-state index is 12.8. The van der Waals surface area contributed by atoms with Crippen molar-refractivity contribution in [3.05, 3.63) is 0 Å². The Morgan fingerprint density at radius 2 is 1.74 bits per heavy atom. The first kappa shape index (κ1) is 14.8. The van der Waals surface area contributed by atoms with Gasteiger partial charge in [-0.25, -0.2) is 0 Å². The Kier molecular flexibility index (Phi) is 3.26. The highest BCUT2D eigenvalue weighted by atomic mass is 16.5. The lowest BCUT2D eigenvalue weighted by Gasteiger charge is -2.42. The standard InChI is InChI=1S/C15H28N2O2/c1-13(2)9-17(8-10(7-16)19-13)12(18)11-14(3,4)15(11,5)6/h10-11H,7-9,16H2,1-6H3. The summed E-state index contributed by atoms with van der Waals surface area (Å²) in [4.78, 5) is 14.7. The molecule has 1 aliphatic heterocycles. The third kappa shape index (κ3) is 2.29. The zero-order valence-corrected chi connectivity index (χ0v) is 13.1. The fraction of sp³-hybridized carbons (Fsp3) is 0.933. The fourth-order valence-electron chi connectivity index (χ4n) is 3.58. The van der Waals surface area contributed by atoms with Crippen LogP contribution in [0.15, 0.2) is 0 Å². The summed E-state index contributed by atoms with van der Waals surface area (Å²) in [5.74, 6) is 0.386. The van der Waals surface area contributed by atoms with Gasteiger partial charge in [0, 0.05) is 25.6 Å². The normalized spacial score (nSPS) is 32.2. The van der Waals surface area contributed by atoms with Crippen molar-refractivity contribution in [1.82, 2.24) is 4.90 Å². The summed E-state index contributed by atoms with van der Waals surface area (Å²) < 4.78 is 5.89. The summed E-state index contributed by atoms with van der Waals surface area (Å²) in [6, 6.07) is 0. The van der Waals surface area contributed by atoms with E-state index in [-0.39, 0.29) is 34.4 Å². The summed E-state index contributed by atoms with van der Waals surface area (Å²) in [5.41, 5.74) is 5.59. The number of amides is 1. The van der Waals surface area contributed by atoms with Gasteiger partial charge in [-0.2, -0.15) is 0 Å². The summed E-state index contributed by atoms with van der Waals surface area (Å²) in [7, 11) is 0. The molecular formula is C15H28N2O2. The zero-order chi connectivity index (χ0) is 14.6. The van der Waals surface area contributed by atoms with Crippen molar-refractivity contribution in [1.29, 1.82) is 0 Å². The minimum absolute atomic E-state index is 0.0438. The number of carbonyl (C=O) groups excluding carboxylic acids is 1. The molecule has 0 aromatic carbocycles. The molecule has 2 N–H and O–H groups in total. The molecule has 0 aromatic heterocycles. The van der Waals surface area contributed by atoms with E-state index < -0.39 is 0 Å². The molecule has 0 radical (unpaired) electrons. The molecule has 19 heavy (non-hydrogen) atoms. The number of hydrogen-bond donors (Lipinski definition) is 1. The van der Waals surface area contributed by atoms with Crippen LogP contribution in [-0.2, 0) is 9.53 Å². The van der Waals surface area contributed by atoms with E-state index >= 15 is 0 Å². The van der Waals surface area contributed by atoms with Crippen LogP contribution in [0.3, 0.4) is 0 Å². The van der Waals surface area contributed by atoms with Gasteiger partial charge in [0.1, 0.15) is 0 Å². The van der Waals surface area contributed by atoms with Gasteiger partial charge >= 0.3 is 0 Å². The van der Waals surface area contributed by atoms with E-state index in [1.807, 2.05) is 18.7 Å². The second-order valence-corrected chi connectivity index (χ2v) is 7.83. The molecule has 1 heterocycles. The highest BCUT2D eigenvalue weighted by Gasteiger charge is 2.69. The molecule has 0 bridgehead atoms. The van der Waals surface area contributed by atoms with Gasteiger partial charge in [0.15, 0.2) is 0 Å². The first-order chi connectivity index (χ1) is 8.53. The third-order valence-electron chi connectivity index (χ3n) is 5.32. The van der Waals surface area contributed by atoms with E-state index in [9.17, 15) is 4.79 Å². The van der Waals surface area contributed by atoms with Crippen molar-refractivity contribution in [2.75, 3.05) is 19.6 Å². The van der Waals surface area contributed by atoms with Crippen molar-refractivity contribution >= 4 is 5.91 Å². The van der Waals surface area contributed by atoms with Crippen LogP contribution in [0, 0.1) is 16.7 Å². The highest BCUT2D eigenvalue weighted by Crippen LogP contribution is 2.68. The fourth-order valence-corrected chi connectivity index (χ4v) is 3.58. The van der Waals surface area contributed by atoms with Crippen molar-refractivity contribution in [2.24, 2.45) is 22.5 Å². The predicted octanol–water partition coefficient (Wildman–Crippen LogP) is 1.63. The molecule has 0 aromatic rings. The second kappa shape index (κ2) is 4.19. The number of nitrogens with zero attached hydrogens (tertiary/aromatic N) is 1. The molecule has 4 nitrogen and oxygen atoms in total. The maximum atomic E-state index is 12.8. The maximum Gasteiger partial charge on any atom is 0.226 e. The topological polar surface area (TPSA) is 55.6 Å². The lowest BCUT2D eigenvalue weighted by atomic mass is 10.0.